The van der Waals surface area contributed by atoms with Gasteiger partial charge in [-0.2, -0.15) is 5.10 Å². The third-order valence-electron chi connectivity index (χ3n) is 2.99. The van der Waals surface area contributed by atoms with E-state index in [2.05, 4.69) is 15.5 Å². The van der Waals surface area contributed by atoms with Gasteiger partial charge < -0.3 is 20.4 Å². The van der Waals surface area contributed by atoms with Crippen LogP contribution >= 0.6 is 11.6 Å². The molecule has 0 spiro atoms. The molecule has 0 radical (unpaired) electrons. The van der Waals surface area contributed by atoms with Gasteiger partial charge >= 0.3 is 0 Å². The van der Waals surface area contributed by atoms with Crippen LogP contribution in [0.1, 0.15) is 0 Å². The second-order valence-corrected chi connectivity index (χ2v) is 5.09. The van der Waals surface area contributed by atoms with Gasteiger partial charge in [0, 0.05) is 10.4 Å². The predicted octanol–water partition coefficient (Wildman–Crippen LogP) is 0.361. The molecule has 7 nitrogen and oxygen atoms in total. The molecule has 8 heteroatoms. The van der Waals surface area contributed by atoms with Crippen molar-refractivity contribution in [1.29, 1.82) is 0 Å². The Kier molecular flexibility index (Phi) is 5.64. The summed E-state index contributed by atoms with van der Waals surface area (Å²) in [4.78, 5) is 4.29. The van der Waals surface area contributed by atoms with E-state index in [1.54, 1.807) is 24.3 Å². The molecule has 0 aliphatic heterocycles. The molecule has 3 atom stereocenters. The molecule has 22 heavy (non-hydrogen) atoms. The normalized spacial score (nSPS) is 15.9. The lowest BCUT2D eigenvalue weighted by Gasteiger charge is -2.17. The summed E-state index contributed by atoms with van der Waals surface area (Å²) in [6.07, 6.45) is -3.38. The van der Waals surface area contributed by atoms with E-state index in [9.17, 15) is 15.3 Å². The molecule has 0 saturated heterocycles. The Labute approximate surface area is 131 Å². The second kappa shape index (κ2) is 7.48. The van der Waals surface area contributed by atoms with Crippen LogP contribution in [0.3, 0.4) is 0 Å². The van der Waals surface area contributed by atoms with Crippen LogP contribution in [-0.4, -0.2) is 56.5 Å². The first-order valence-electron chi connectivity index (χ1n) is 6.52. The molecule has 0 saturated carbocycles. The van der Waals surface area contributed by atoms with Gasteiger partial charge in [0.25, 0.3) is 0 Å². The Morgan fingerprint density at radius 3 is 2.73 bits per heavy atom. The summed E-state index contributed by atoms with van der Waals surface area (Å²) < 4.78 is 0. The Morgan fingerprint density at radius 1 is 1.23 bits per heavy atom. The lowest BCUT2D eigenvalue weighted by atomic mass is 10.1. The highest BCUT2D eigenvalue weighted by atomic mass is 35.5. The smallest absolute Gasteiger partial charge is 0.146 e. The molecule has 0 unspecified atom stereocenters. The van der Waals surface area contributed by atoms with Gasteiger partial charge in [-0.05, 0) is 30.3 Å². The standard InChI is InChI=1S/C14H16ClN3O4/c15-9-2-3-10-8(5-9)1-4-13(17-10)18-16-6-11(20)14(22)12(21)7-19/h1-6,11-12,14,19-22H,7H2,(H,17,18)/b16-6+/t11-,12-,14+/m1/s1. The predicted molar refractivity (Wildman–Crippen MR) is 84.0 cm³/mol. The number of hydrogen-bond donors (Lipinski definition) is 5. The third-order valence-corrected chi connectivity index (χ3v) is 3.22. The maximum Gasteiger partial charge on any atom is 0.146 e. The first kappa shape index (κ1) is 16.6. The van der Waals surface area contributed by atoms with Crippen molar-refractivity contribution < 1.29 is 20.4 Å². The first-order chi connectivity index (χ1) is 10.5. The molecule has 0 fully saturated rings. The fourth-order valence-corrected chi connectivity index (χ4v) is 1.94. The lowest BCUT2D eigenvalue weighted by molar-refractivity contribution is -0.0541. The van der Waals surface area contributed by atoms with Gasteiger partial charge in [-0.3, -0.25) is 5.43 Å². The monoisotopic (exact) mass is 325 g/mol. The Balaban J connectivity index is 2.02. The minimum atomic E-state index is -1.53. The SMILES string of the molecule is OC[C@@H](O)[C@@H](O)[C@H](O)/C=N/Nc1ccc2cc(Cl)ccc2n1. The zero-order valence-corrected chi connectivity index (χ0v) is 12.2. The molecule has 1 heterocycles. The van der Waals surface area contributed by atoms with Crippen molar-refractivity contribution in [1.82, 2.24) is 4.98 Å². The highest BCUT2D eigenvalue weighted by molar-refractivity contribution is 6.31. The van der Waals surface area contributed by atoms with Crippen LogP contribution < -0.4 is 5.43 Å². The second-order valence-electron chi connectivity index (χ2n) is 4.65. The minimum absolute atomic E-state index is 0.440. The summed E-state index contributed by atoms with van der Waals surface area (Å²) in [6, 6.07) is 8.77. The number of anilines is 1. The number of aliphatic hydroxyl groups is 4. The maximum absolute atomic E-state index is 9.55. The minimum Gasteiger partial charge on any atom is -0.394 e. The van der Waals surface area contributed by atoms with Gasteiger partial charge in [0.1, 0.15) is 24.1 Å². The summed E-state index contributed by atoms with van der Waals surface area (Å²) >= 11 is 5.89. The summed E-state index contributed by atoms with van der Waals surface area (Å²) in [6.45, 7) is -0.658. The highest BCUT2D eigenvalue weighted by Crippen LogP contribution is 2.19. The molecule has 0 bridgehead atoms. The average molecular weight is 326 g/mol. The van der Waals surface area contributed by atoms with Crippen LogP contribution in [0.15, 0.2) is 35.4 Å². The van der Waals surface area contributed by atoms with E-state index in [0.29, 0.717) is 10.8 Å². The van der Waals surface area contributed by atoms with Crippen molar-refractivity contribution in [3.8, 4) is 0 Å². The molecule has 0 aliphatic carbocycles. The third kappa shape index (κ3) is 4.12. The van der Waals surface area contributed by atoms with Crippen LogP contribution in [0.5, 0.6) is 0 Å². The number of hydrogen-bond acceptors (Lipinski definition) is 7. The van der Waals surface area contributed by atoms with E-state index in [0.717, 1.165) is 17.1 Å². The van der Waals surface area contributed by atoms with Crippen molar-refractivity contribution in [2.24, 2.45) is 5.10 Å². The molecular formula is C14H16ClN3O4. The Morgan fingerprint density at radius 2 is 2.00 bits per heavy atom. The number of halogens is 1. The summed E-state index contributed by atoms with van der Waals surface area (Å²) in [5.74, 6) is 0.440. The molecule has 0 aliphatic rings. The van der Waals surface area contributed by atoms with E-state index in [1.807, 2.05) is 6.07 Å². The molecule has 5 N–H and O–H groups in total. The fourth-order valence-electron chi connectivity index (χ4n) is 1.76. The van der Waals surface area contributed by atoms with E-state index in [1.165, 1.54) is 0 Å². The number of aliphatic hydroxyl groups excluding tert-OH is 4. The van der Waals surface area contributed by atoms with Crippen LogP contribution in [0.25, 0.3) is 10.9 Å². The zero-order chi connectivity index (χ0) is 16.1. The maximum atomic E-state index is 9.55. The first-order valence-corrected chi connectivity index (χ1v) is 6.89. The zero-order valence-electron chi connectivity index (χ0n) is 11.5. The molecule has 1 aromatic heterocycles. The van der Waals surface area contributed by atoms with E-state index in [4.69, 9.17) is 16.7 Å². The molecular weight excluding hydrogens is 310 g/mol. The van der Waals surface area contributed by atoms with Crippen LogP contribution in [0.4, 0.5) is 5.82 Å². The van der Waals surface area contributed by atoms with E-state index >= 15 is 0 Å². The van der Waals surface area contributed by atoms with Crippen LogP contribution in [-0.2, 0) is 0 Å². The topological polar surface area (TPSA) is 118 Å². The fraction of sp³-hybridized carbons (Fsp3) is 0.286. The summed E-state index contributed by atoms with van der Waals surface area (Å²) in [5.41, 5.74) is 3.33. The van der Waals surface area contributed by atoms with Gasteiger partial charge in [0.2, 0.25) is 0 Å². The van der Waals surface area contributed by atoms with Gasteiger partial charge in [-0.1, -0.05) is 11.6 Å². The number of rotatable bonds is 6. The van der Waals surface area contributed by atoms with Crippen molar-refractivity contribution in [2.75, 3.05) is 12.0 Å². The number of aromatic nitrogens is 1. The van der Waals surface area contributed by atoms with Crippen LogP contribution in [0, 0.1) is 0 Å². The van der Waals surface area contributed by atoms with Gasteiger partial charge in [-0.25, -0.2) is 4.98 Å². The van der Waals surface area contributed by atoms with Crippen molar-refractivity contribution in [3.63, 3.8) is 0 Å². The Hall–Kier alpha value is -1.77. The average Bonchev–Trinajstić information content (AvgIpc) is 2.53. The molecule has 0 amide bonds. The number of benzene rings is 1. The molecule has 2 rings (SSSR count). The number of nitrogens with zero attached hydrogens (tertiary/aromatic N) is 2. The number of hydrazone groups is 1. The summed E-state index contributed by atoms with van der Waals surface area (Å²) in [7, 11) is 0. The number of pyridine rings is 1. The van der Waals surface area contributed by atoms with Crippen molar-refractivity contribution in [2.45, 2.75) is 18.3 Å². The van der Waals surface area contributed by atoms with Crippen LogP contribution in [0.2, 0.25) is 5.02 Å². The number of nitrogens with one attached hydrogen (secondary N) is 1. The Bertz CT molecular complexity index is 668. The molecule has 118 valence electrons. The van der Waals surface area contributed by atoms with Gasteiger partial charge in [0.05, 0.1) is 18.3 Å². The highest BCUT2D eigenvalue weighted by Gasteiger charge is 2.22. The van der Waals surface area contributed by atoms with Crippen molar-refractivity contribution in [3.05, 3.63) is 35.4 Å². The quantitative estimate of drug-likeness (QED) is 0.386. The summed E-state index contributed by atoms with van der Waals surface area (Å²) in [5, 5.41) is 42.1. The van der Waals surface area contributed by atoms with Gasteiger partial charge in [-0.15, -0.1) is 0 Å². The largest absolute Gasteiger partial charge is 0.394 e. The van der Waals surface area contributed by atoms with Crippen molar-refractivity contribution >= 4 is 34.5 Å². The van der Waals surface area contributed by atoms with Gasteiger partial charge in [0.15, 0.2) is 0 Å². The molecule has 2 aromatic rings. The van der Waals surface area contributed by atoms with E-state index in [-0.39, 0.29) is 0 Å². The lowest BCUT2D eigenvalue weighted by Crippen LogP contribution is -2.40. The van der Waals surface area contributed by atoms with E-state index < -0.39 is 24.9 Å². The molecule has 1 aromatic carbocycles. The number of fused-ring (bicyclic) bond motifs is 1.